The molecule has 0 aliphatic heterocycles. The van der Waals surface area contributed by atoms with E-state index in [-0.39, 0.29) is 34.8 Å². The third-order valence-corrected chi connectivity index (χ3v) is 4.32. The Labute approximate surface area is 142 Å². The van der Waals surface area contributed by atoms with Gasteiger partial charge in [-0.3, -0.25) is 0 Å². The first kappa shape index (κ1) is 16.5. The van der Waals surface area contributed by atoms with E-state index < -0.39 is 11.7 Å². The molecule has 0 atom stereocenters. The molecule has 0 radical (unpaired) electrons. The summed E-state index contributed by atoms with van der Waals surface area (Å²) in [5.74, 6) is -2.97. The summed E-state index contributed by atoms with van der Waals surface area (Å²) < 4.78 is 35.0. The maximum atomic E-state index is 12.5. The van der Waals surface area contributed by atoms with E-state index in [1.54, 1.807) is 0 Å². The molecule has 3 rings (SSSR count). The van der Waals surface area contributed by atoms with E-state index in [0.717, 1.165) is 4.88 Å². The van der Waals surface area contributed by atoms with Gasteiger partial charge in [-0.05, 0) is 35.3 Å². The predicted molar refractivity (Wildman–Crippen MR) is 82.8 cm³/mol. The summed E-state index contributed by atoms with van der Waals surface area (Å²) in [4.78, 5) is 20.7. The van der Waals surface area contributed by atoms with E-state index in [0.29, 0.717) is 5.82 Å². The molecule has 0 unspecified atom stereocenters. The van der Waals surface area contributed by atoms with Gasteiger partial charge in [0, 0.05) is 6.20 Å². The van der Waals surface area contributed by atoms with Gasteiger partial charge in [0.15, 0.2) is 6.61 Å². The Morgan fingerprint density at radius 1 is 1.38 bits per heavy atom. The molecule has 0 aliphatic carbocycles. The van der Waals surface area contributed by atoms with Crippen molar-refractivity contribution < 1.29 is 22.8 Å². The van der Waals surface area contributed by atoms with Crippen LogP contribution in [0.1, 0.15) is 16.2 Å². The van der Waals surface area contributed by atoms with Gasteiger partial charge in [0.2, 0.25) is 5.82 Å². The quantitative estimate of drug-likeness (QED) is 0.482. The topological polar surface area (TPSA) is 78.1 Å². The molecule has 3 aromatic heterocycles. The summed E-state index contributed by atoms with van der Waals surface area (Å²) in [6.07, 6.45) is 1.33. The molecule has 0 N–H and O–H groups in total. The molecule has 0 fully saturated rings. The van der Waals surface area contributed by atoms with Crippen LogP contribution < -0.4 is 0 Å². The second-order valence-electron chi connectivity index (χ2n) is 4.30. The van der Waals surface area contributed by atoms with Crippen LogP contribution in [0.5, 0.6) is 0 Å². The number of halogens is 2. The standard InChI is InChI=1S/C14H9F2N3O3S2/c15-14(16)24-12-8(3-1-5-17-12)13(20)21-7-10-18-11(19-22-10)9-4-2-6-23-9/h1-6,14H,7H2. The van der Waals surface area contributed by atoms with Gasteiger partial charge in [-0.15, -0.1) is 11.3 Å². The van der Waals surface area contributed by atoms with Gasteiger partial charge in [0.1, 0.15) is 5.03 Å². The van der Waals surface area contributed by atoms with Crippen LogP contribution in [-0.2, 0) is 11.3 Å². The number of carbonyl (C=O) groups excluding carboxylic acids is 1. The second-order valence-corrected chi connectivity index (χ2v) is 6.23. The molecular formula is C14H9F2N3O3S2. The lowest BCUT2D eigenvalue weighted by Gasteiger charge is -2.06. The zero-order chi connectivity index (χ0) is 16.9. The minimum Gasteiger partial charge on any atom is -0.452 e. The van der Waals surface area contributed by atoms with Gasteiger partial charge in [-0.1, -0.05) is 11.2 Å². The first-order valence-corrected chi connectivity index (χ1v) is 8.33. The normalized spacial score (nSPS) is 11.0. The summed E-state index contributed by atoms with van der Waals surface area (Å²) >= 11 is 1.63. The van der Waals surface area contributed by atoms with Crippen LogP contribution in [0.15, 0.2) is 45.4 Å². The molecule has 10 heteroatoms. The minimum absolute atomic E-state index is 0.0409. The molecule has 0 saturated carbocycles. The Hall–Kier alpha value is -2.33. The van der Waals surface area contributed by atoms with Crippen LogP contribution in [0, 0.1) is 0 Å². The maximum Gasteiger partial charge on any atom is 0.341 e. The fraction of sp³-hybridized carbons (Fsp3) is 0.143. The number of hydrogen-bond acceptors (Lipinski definition) is 8. The van der Waals surface area contributed by atoms with E-state index in [1.165, 1.54) is 29.7 Å². The zero-order valence-electron chi connectivity index (χ0n) is 11.9. The highest BCUT2D eigenvalue weighted by atomic mass is 32.2. The third kappa shape index (κ3) is 3.95. The molecule has 0 aromatic carbocycles. The number of thiophene rings is 1. The highest BCUT2D eigenvalue weighted by Crippen LogP contribution is 2.27. The Balaban J connectivity index is 1.66. The molecule has 3 aromatic rings. The minimum atomic E-state index is -2.68. The maximum absolute atomic E-state index is 12.5. The third-order valence-electron chi connectivity index (χ3n) is 2.73. The number of nitrogens with zero attached hydrogens (tertiary/aromatic N) is 3. The molecule has 0 aliphatic rings. The number of rotatable bonds is 6. The number of aromatic nitrogens is 3. The summed E-state index contributed by atoms with van der Waals surface area (Å²) in [6.45, 7) is -0.259. The summed E-state index contributed by atoms with van der Waals surface area (Å²) in [5, 5.41) is 5.56. The van der Waals surface area contributed by atoms with Gasteiger partial charge in [0.25, 0.3) is 11.6 Å². The van der Waals surface area contributed by atoms with Gasteiger partial charge < -0.3 is 9.26 Å². The number of alkyl halides is 2. The van der Waals surface area contributed by atoms with Gasteiger partial charge in [-0.25, -0.2) is 9.78 Å². The van der Waals surface area contributed by atoms with E-state index in [1.807, 2.05) is 17.5 Å². The van der Waals surface area contributed by atoms with Crippen molar-refractivity contribution in [2.24, 2.45) is 0 Å². The van der Waals surface area contributed by atoms with Crippen LogP contribution in [0.4, 0.5) is 8.78 Å². The summed E-state index contributed by atoms with van der Waals surface area (Å²) in [7, 11) is 0. The Morgan fingerprint density at radius 3 is 3.00 bits per heavy atom. The first-order chi connectivity index (χ1) is 11.6. The summed E-state index contributed by atoms with van der Waals surface area (Å²) in [6, 6.07) is 6.51. The average molecular weight is 369 g/mol. The van der Waals surface area contributed by atoms with Crippen LogP contribution >= 0.6 is 23.1 Å². The molecule has 124 valence electrons. The van der Waals surface area contributed by atoms with Crippen LogP contribution in [0.25, 0.3) is 10.7 Å². The summed E-state index contributed by atoms with van der Waals surface area (Å²) in [5.41, 5.74) is -0.0409. The lowest BCUT2D eigenvalue weighted by molar-refractivity contribution is 0.0424. The van der Waals surface area contributed by atoms with Crippen LogP contribution in [-0.4, -0.2) is 26.9 Å². The first-order valence-electron chi connectivity index (χ1n) is 6.57. The van der Waals surface area contributed by atoms with Crippen molar-refractivity contribution in [2.45, 2.75) is 17.4 Å². The molecule has 0 saturated heterocycles. The number of hydrogen-bond donors (Lipinski definition) is 0. The second kappa shape index (κ2) is 7.49. The molecule has 6 nitrogen and oxygen atoms in total. The molecule has 24 heavy (non-hydrogen) atoms. The Kier molecular flexibility index (Phi) is 5.16. The van der Waals surface area contributed by atoms with E-state index in [4.69, 9.17) is 9.26 Å². The van der Waals surface area contributed by atoms with Crippen molar-refractivity contribution in [3.63, 3.8) is 0 Å². The van der Waals surface area contributed by atoms with Crippen LogP contribution in [0.3, 0.4) is 0 Å². The highest BCUT2D eigenvalue weighted by molar-refractivity contribution is 7.99. The van der Waals surface area contributed by atoms with Gasteiger partial charge in [0.05, 0.1) is 10.4 Å². The monoisotopic (exact) mass is 369 g/mol. The number of ether oxygens (including phenoxy) is 1. The van der Waals surface area contributed by atoms with Crippen molar-refractivity contribution in [2.75, 3.05) is 0 Å². The molecule has 0 amide bonds. The van der Waals surface area contributed by atoms with E-state index >= 15 is 0 Å². The van der Waals surface area contributed by atoms with E-state index in [2.05, 4.69) is 15.1 Å². The largest absolute Gasteiger partial charge is 0.452 e. The van der Waals surface area contributed by atoms with Crippen molar-refractivity contribution in [1.82, 2.24) is 15.1 Å². The number of esters is 1. The smallest absolute Gasteiger partial charge is 0.341 e. The SMILES string of the molecule is O=C(OCc1nc(-c2cccs2)no1)c1cccnc1SC(F)F. The lowest BCUT2D eigenvalue weighted by atomic mass is 10.3. The number of carbonyl (C=O) groups is 1. The fourth-order valence-electron chi connectivity index (χ4n) is 1.75. The number of thioether (sulfide) groups is 1. The van der Waals surface area contributed by atoms with Crippen LogP contribution in [0.2, 0.25) is 0 Å². The molecule has 3 heterocycles. The highest BCUT2D eigenvalue weighted by Gasteiger charge is 2.19. The molecule has 0 bridgehead atoms. The molecular weight excluding hydrogens is 360 g/mol. The van der Waals surface area contributed by atoms with Gasteiger partial charge >= 0.3 is 5.97 Å². The van der Waals surface area contributed by atoms with Crippen molar-refractivity contribution in [3.05, 3.63) is 47.3 Å². The lowest BCUT2D eigenvalue weighted by Crippen LogP contribution is -2.08. The Morgan fingerprint density at radius 2 is 2.25 bits per heavy atom. The van der Waals surface area contributed by atoms with Crippen molar-refractivity contribution in [3.8, 4) is 10.7 Å². The van der Waals surface area contributed by atoms with E-state index in [9.17, 15) is 13.6 Å². The Bertz CT molecular complexity index is 824. The zero-order valence-corrected chi connectivity index (χ0v) is 13.5. The number of pyridine rings is 1. The fourth-order valence-corrected chi connectivity index (χ4v) is 2.97. The predicted octanol–water partition coefficient (Wildman–Crippen LogP) is 3.86. The van der Waals surface area contributed by atoms with Crippen molar-refractivity contribution in [1.29, 1.82) is 0 Å². The van der Waals surface area contributed by atoms with Gasteiger partial charge in [-0.2, -0.15) is 13.8 Å². The van der Waals surface area contributed by atoms with Crippen molar-refractivity contribution >= 4 is 29.1 Å². The average Bonchev–Trinajstić information content (AvgIpc) is 3.24. The molecule has 0 spiro atoms.